The summed E-state index contributed by atoms with van der Waals surface area (Å²) in [4.78, 5) is 2.22. The smallest absolute Gasteiger partial charge is 0.0710 e. The number of aliphatic hydroxyl groups excluding tert-OH is 2. The summed E-state index contributed by atoms with van der Waals surface area (Å²) in [6.45, 7) is 1.72. The number of ether oxygens (including phenoxy) is 1. The van der Waals surface area contributed by atoms with Gasteiger partial charge in [-0.1, -0.05) is 19.3 Å². The van der Waals surface area contributed by atoms with Gasteiger partial charge < -0.3 is 14.9 Å². The molecule has 110 valence electrons. The third kappa shape index (κ3) is 2.97. The molecule has 0 bridgehead atoms. The van der Waals surface area contributed by atoms with E-state index in [-0.39, 0.29) is 24.4 Å². The Labute approximate surface area is 115 Å². The summed E-state index contributed by atoms with van der Waals surface area (Å²) < 4.78 is 6.37. The van der Waals surface area contributed by atoms with Gasteiger partial charge in [-0.25, -0.2) is 0 Å². The highest BCUT2D eigenvalue weighted by Gasteiger charge is 2.42. The number of hydrogen-bond acceptors (Lipinski definition) is 4. The molecule has 0 aromatic carbocycles. The van der Waals surface area contributed by atoms with E-state index in [1.54, 1.807) is 0 Å². The molecular weight excluding hydrogens is 242 g/mol. The lowest BCUT2D eigenvalue weighted by Gasteiger charge is -2.34. The average Bonchev–Trinajstić information content (AvgIpc) is 2.95. The first-order chi connectivity index (χ1) is 9.21. The van der Waals surface area contributed by atoms with Gasteiger partial charge in [0.25, 0.3) is 0 Å². The molecule has 0 aromatic heterocycles. The van der Waals surface area contributed by atoms with Crippen LogP contribution in [0.3, 0.4) is 0 Å². The normalized spacial score (nSPS) is 39.2. The van der Waals surface area contributed by atoms with Crippen molar-refractivity contribution >= 4 is 0 Å². The van der Waals surface area contributed by atoms with Crippen molar-refractivity contribution in [3.8, 4) is 0 Å². The molecule has 2 saturated heterocycles. The molecule has 4 nitrogen and oxygen atoms in total. The van der Waals surface area contributed by atoms with Gasteiger partial charge in [0.15, 0.2) is 0 Å². The Morgan fingerprint density at radius 1 is 1.16 bits per heavy atom. The number of likely N-dealkylation sites (tertiary alicyclic amines) is 1. The third-order valence-electron chi connectivity index (χ3n) is 5.26. The molecular formula is C15H27NO3. The lowest BCUT2D eigenvalue weighted by Crippen LogP contribution is -2.40. The van der Waals surface area contributed by atoms with Gasteiger partial charge in [-0.3, -0.25) is 4.90 Å². The molecule has 2 N–H and O–H groups in total. The number of β-amino-alcohol motifs (C(OH)–C–C–N with tert-alkyl or cyclic N) is 1. The van der Waals surface area contributed by atoms with Crippen molar-refractivity contribution in [1.29, 1.82) is 0 Å². The Morgan fingerprint density at radius 3 is 2.68 bits per heavy atom. The molecule has 1 spiro atoms. The first-order valence-corrected chi connectivity index (χ1v) is 7.92. The topological polar surface area (TPSA) is 52.9 Å². The van der Waals surface area contributed by atoms with E-state index in [0.29, 0.717) is 19.1 Å². The molecule has 0 radical (unpaired) electrons. The summed E-state index contributed by atoms with van der Waals surface area (Å²) in [6.07, 6.45) is 9.53. The maximum Gasteiger partial charge on any atom is 0.0710 e. The summed E-state index contributed by atoms with van der Waals surface area (Å²) in [5, 5.41) is 19.1. The molecule has 1 saturated carbocycles. The quantitative estimate of drug-likeness (QED) is 0.811. The van der Waals surface area contributed by atoms with Crippen LogP contribution in [-0.4, -0.2) is 58.7 Å². The largest absolute Gasteiger partial charge is 0.395 e. The summed E-state index contributed by atoms with van der Waals surface area (Å²) in [5.74, 6) is 0. The number of nitrogens with zero attached hydrogens (tertiary/aromatic N) is 1. The summed E-state index contributed by atoms with van der Waals surface area (Å²) in [5.41, 5.74) is 0.177. The van der Waals surface area contributed by atoms with Crippen molar-refractivity contribution in [3.63, 3.8) is 0 Å². The van der Waals surface area contributed by atoms with Crippen LogP contribution in [0.25, 0.3) is 0 Å². The van der Waals surface area contributed by atoms with Gasteiger partial charge in [0.1, 0.15) is 0 Å². The van der Waals surface area contributed by atoms with E-state index in [9.17, 15) is 10.2 Å². The second-order valence-electron chi connectivity index (χ2n) is 6.70. The molecule has 0 amide bonds. The molecule has 0 aromatic rings. The Bertz CT molecular complexity index is 304. The Balaban J connectivity index is 1.54. The molecule has 3 aliphatic rings. The fourth-order valence-corrected chi connectivity index (χ4v) is 4.22. The van der Waals surface area contributed by atoms with Gasteiger partial charge in [0.05, 0.1) is 24.4 Å². The highest BCUT2D eigenvalue weighted by atomic mass is 16.5. The van der Waals surface area contributed by atoms with E-state index >= 15 is 0 Å². The standard InChI is InChI=1S/C15H27NO3/c17-11-12-8-13(18)9-16(12)10-14-4-7-15(19-14)5-2-1-3-6-15/h12-14,17-18H,1-11H2. The van der Waals surface area contributed by atoms with Crippen LogP contribution in [0, 0.1) is 0 Å². The number of hydrogen-bond donors (Lipinski definition) is 2. The molecule has 3 fully saturated rings. The minimum Gasteiger partial charge on any atom is -0.395 e. The first-order valence-electron chi connectivity index (χ1n) is 7.92. The fourth-order valence-electron chi connectivity index (χ4n) is 4.22. The van der Waals surface area contributed by atoms with Crippen LogP contribution >= 0.6 is 0 Å². The number of aliphatic hydroxyl groups is 2. The van der Waals surface area contributed by atoms with Crippen LogP contribution in [0.5, 0.6) is 0 Å². The average molecular weight is 269 g/mol. The summed E-state index contributed by atoms with van der Waals surface area (Å²) in [7, 11) is 0. The van der Waals surface area contributed by atoms with Gasteiger partial charge in [0.2, 0.25) is 0 Å². The van der Waals surface area contributed by atoms with Crippen molar-refractivity contribution < 1.29 is 14.9 Å². The van der Waals surface area contributed by atoms with Crippen molar-refractivity contribution in [2.24, 2.45) is 0 Å². The van der Waals surface area contributed by atoms with E-state index in [4.69, 9.17) is 4.74 Å². The summed E-state index contributed by atoms with van der Waals surface area (Å²) >= 11 is 0. The molecule has 3 unspecified atom stereocenters. The zero-order valence-corrected chi connectivity index (χ0v) is 11.8. The zero-order chi connectivity index (χ0) is 13.3. The Kier molecular flexibility index (Phi) is 4.13. The minimum atomic E-state index is -0.276. The Hall–Kier alpha value is -0.160. The van der Waals surface area contributed by atoms with Crippen LogP contribution < -0.4 is 0 Å². The molecule has 3 rings (SSSR count). The van der Waals surface area contributed by atoms with Gasteiger partial charge >= 0.3 is 0 Å². The highest BCUT2D eigenvalue weighted by molar-refractivity contribution is 4.94. The van der Waals surface area contributed by atoms with E-state index in [1.165, 1.54) is 38.5 Å². The molecule has 3 atom stereocenters. The maximum atomic E-state index is 9.72. The molecule has 19 heavy (non-hydrogen) atoms. The summed E-state index contributed by atoms with van der Waals surface area (Å²) in [6, 6.07) is 0.126. The monoisotopic (exact) mass is 269 g/mol. The van der Waals surface area contributed by atoms with Crippen LogP contribution in [0.2, 0.25) is 0 Å². The van der Waals surface area contributed by atoms with Crippen molar-refractivity contribution in [3.05, 3.63) is 0 Å². The van der Waals surface area contributed by atoms with Crippen LogP contribution in [-0.2, 0) is 4.74 Å². The van der Waals surface area contributed by atoms with Gasteiger partial charge in [-0.2, -0.15) is 0 Å². The zero-order valence-electron chi connectivity index (χ0n) is 11.8. The van der Waals surface area contributed by atoms with E-state index in [0.717, 1.165) is 13.0 Å². The molecule has 1 aliphatic carbocycles. The van der Waals surface area contributed by atoms with E-state index < -0.39 is 0 Å². The predicted octanol–water partition coefficient (Wildman–Crippen LogP) is 1.30. The van der Waals surface area contributed by atoms with Crippen LogP contribution in [0.4, 0.5) is 0 Å². The van der Waals surface area contributed by atoms with Gasteiger partial charge in [0, 0.05) is 19.1 Å². The van der Waals surface area contributed by atoms with E-state index in [1.807, 2.05) is 0 Å². The van der Waals surface area contributed by atoms with Crippen molar-refractivity contribution in [1.82, 2.24) is 4.90 Å². The van der Waals surface area contributed by atoms with Crippen molar-refractivity contribution in [2.45, 2.75) is 75.2 Å². The molecule has 2 heterocycles. The highest BCUT2D eigenvalue weighted by Crippen LogP contribution is 2.42. The van der Waals surface area contributed by atoms with Gasteiger partial charge in [-0.15, -0.1) is 0 Å². The third-order valence-corrected chi connectivity index (χ3v) is 5.26. The molecule has 4 heteroatoms. The molecule has 2 aliphatic heterocycles. The number of rotatable bonds is 3. The first kappa shape index (κ1) is 13.8. The van der Waals surface area contributed by atoms with Crippen molar-refractivity contribution in [2.75, 3.05) is 19.7 Å². The Morgan fingerprint density at radius 2 is 1.95 bits per heavy atom. The maximum absolute atomic E-state index is 9.72. The van der Waals surface area contributed by atoms with E-state index in [2.05, 4.69) is 4.90 Å². The second-order valence-corrected chi connectivity index (χ2v) is 6.70. The lowest BCUT2D eigenvalue weighted by atomic mass is 9.83. The second kappa shape index (κ2) is 5.68. The minimum absolute atomic E-state index is 0.126. The predicted molar refractivity (Wildman–Crippen MR) is 73.0 cm³/mol. The van der Waals surface area contributed by atoms with Gasteiger partial charge in [-0.05, 0) is 32.1 Å². The lowest BCUT2D eigenvalue weighted by molar-refractivity contribution is -0.0740. The fraction of sp³-hybridized carbons (Fsp3) is 1.00. The SMILES string of the molecule is OCC1CC(O)CN1CC1CCC2(CCCCC2)O1. The van der Waals surface area contributed by atoms with Crippen LogP contribution in [0.15, 0.2) is 0 Å². The van der Waals surface area contributed by atoms with Crippen LogP contribution in [0.1, 0.15) is 51.4 Å².